The molecule has 0 aliphatic carbocycles. The lowest BCUT2D eigenvalue weighted by Crippen LogP contribution is -2.34. The largest absolute Gasteiger partial charge is 0.365 e. The molecule has 3 aliphatic heterocycles. The first-order valence-corrected chi connectivity index (χ1v) is 7.08. The van der Waals surface area contributed by atoms with Crippen LogP contribution in [0.5, 0.6) is 0 Å². The molecule has 0 N–H and O–H groups in total. The summed E-state index contributed by atoms with van der Waals surface area (Å²) in [6.07, 6.45) is 7.53. The van der Waals surface area contributed by atoms with E-state index in [1.807, 2.05) is 12.2 Å². The van der Waals surface area contributed by atoms with E-state index in [0.29, 0.717) is 6.61 Å². The molecule has 4 unspecified atom stereocenters. The van der Waals surface area contributed by atoms with E-state index in [9.17, 15) is 9.59 Å². The maximum absolute atomic E-state index is 12.2. The summed E-state index contributed by atoms with van der Waals surface area (Å²) in [7, 11) is 0. The van der Waals surface area contributed by atoms with Crippen molar-refractivity contribution in [1.82, 2.24) is 5.06 Å². The molecule has 0 spiro atoms. The number of ether oxygens (including phenoxy) is 1. The van der Waals surface area contributed by atoms with E-state index in [0.717, 1.165) is 30.7 Å². The van der Waals surface area contributed by atoms with Gasteiger partial charge in [-0.05, 0) is 6.42 Å². The van der Waals surface area contributed by atoms with Gasteiger partial charge in [0, 0.05) is 0 Å². The highest BCUT2D eigenvalue weighted by atomic mass is 16.7. The van der Waals surface area contributed by atoms with Crippen molar-refractivity contribution in [2.24, 2.45) is 11.8 Å². The molecule has 0 radical (unpaired) electrons. The Bertz CT molecular complexity index is 390. The van der Waals surface area contributed by atoms with Gasteiger partial charge in [-0.2, -0.15) is 5.06 Å². The minimum absolute atomic E-state index is 0.234. The van der Waals surface area contributed by atoms with Crippen LogP contribution in [-0.2, 0) is 19.2 Å². The van der Waals surface area contributed by atoms with Crippen LogP contribution in [0.2, 0.25) is 0 Å². The maximum Gasteiger partial charge on any atom is 0.260 e. The lowest BCUT2D eigenvalue weighted by Gasteiger charge is -2.16. The van der Waals surface area contributed by atoms with Crippen LogP contribution in [-0.4, -0.2) is 35.7 Å². The molecule has 2 bridgehead atoms. The second-order valence-corrected chi connectivity index (χ2v) is 5.37. The van der Waals surface area contributed by atoms with Gasteiger partial charge in [0.2, 0.25) is 0 Å². The third-order valence-electron chi connectivity index (χ3n) is 4.09. The fraction of sp³-hybridized carbons (Fsp3) is 0.714. The van der Waals surface area contributed by atoms with Crippen LogP contribution in [0.1, 0.15) is 32.6 Å². The lowest BCUT2D eigenvalue weighted by atomic mass is 9.85. The second kappa shape index (κ2) is 5.06. The van der Waals surface area contributed by atoms with Crippen LogP contribution in [0.4, 0.5) is 0 Å². The van der Waals surface area contributed by atoms with Crippen LogP contribution < -0.4 is 0 Å². The van der Waals surface area contributed by atoms with Crippen LogP contribution in [0.15, 0.2) is 12.2 Å². The van der Waals surface area contributed by atoms with Crippen molar-refractivity contribution in [3.05, 3.63) is 12.2 Å². The summed E-state index contributed by atoms with van der Waals surface area (Å²) in [5.41, 5.74) is 0. The number of hydroxylamine groups is 2. The highest BCUT2D eigenvalue weighted by molar-refractivity contribution is 6.05. The van der Waals surface area contributed by atoms with Crippen molar-refractivity contribution in [2.45, 2.75) is 44.8 Å². The normalized spacial score (nSPS) is 35.5. The lowest BCUT2D eigenvalue weighted by molar-refractivity contribution is -0.192. The molecule has 19 heavy (non-hydrogen) atoms. The van der Waals surface area contributed by atoms with Gasteiger partial charge in [0.25, 0.3) is 11.8 Å². The van der Waals surface area contributed by atoms with Crippen molar-refractivity contribution in [1.29, 1.82) is 0 Å². The Morgan fingerprint density at radius 3 is 2.32 bits per heavy atom. The number of hydrogen-bond donors (Lipinski definition) is 0. The van der Waals surface area contributed by atoms with Gasteiger partial charge >= 0.3 is 0 Å². The second-order valence-electron chi connectivity index (χ2n) is 5.37. The number of hydrogen-bond acceptors (Lipinski definition) is 4. The molecule has 0 aromatic carbocycles. The summed E-state index contributed by atoms with van der Waals surface area (Å²) in [6, 6.07) is 0. The maximum atomic E-state index is 12.2. The van der Waals surface area contributed by atoms with Gasteiger partial charge in [-0.1, -0.05) is 38.3 Å². The number of unbranched alkanes of at least 4 members (excludes halogenated alkanes) is 3. The van der Waals surface area contributed by atoms with Crippen molar-refractivity contribution < 1.29 is 19.2 Å². The zero-order valence-electron chi connectivity index (χ0n) is 11.1. The quantitative estimate of drug-likeness (QED) is 0.414. The molecule has 3 rings (SSSR count). The Kier molecular flexibility index (Phi) is 3.41. The predicted octanol–water partition coefficient (Wildman–Crippen LogP) is 1.44. The summed E-state index contributed by atoms with van der Waals surface area (Å²) < 4.78 is 5.55. The minimum Gasteiger partial charge on any atom is -0.365 e. The summed E-state index contributed by atoms with van der Waals surface area (Å²) in [4.78, 5) is 29.7. The van der Waals surface area contributed by atoms with E-state index in [2.05, 4.69) is 6.92 Å². The first-order chi connectivity index (χ1) is 9.24. The van der Waals surface area contributed by atoms with Gasteiger partial charge in [0.1, 0.15) is 0 Å². The van der Waals surface area contributed by atoms with Gasteiger partial charge in [-0.15, -0.1) is 0 Å². The molecule has 2 amide bonds. The van der Waals surface area contributed by atoms with Crippen molar-refractivity contribution >= 4 is 11.8 Å². The molecule has 3 aliphatic rings. The molecule has 0 aromatic heterocycles. The smallest absolute Gasteiger partial charge is 0.260 e. The summed E-state index contributed by atoms with van der Waals surface area (Å²) in [5, 5.41) is 0.983. The topological polar surface area (TPSA) is 55.8 Å². The molecule has 4 atom stereocenters. The predicted molar refractivity (Wildman–Crippen MR) is 66.7 cm³/mol. The highest BCUT2D eigenvalue weighted by Crippen LogP contribution is 2.45. The monoisotopic (exact) mass is 265 g/mol. The Hall–Kier alpha value is -1.20. The Morgan fingerprint density at radius 2 is 1.74 bits per heavy atom. The molecule has 2 fully saturated rings. The van der Waals surface area contributed by atoms with Gasteiger partial charge in [0.05, 0.1) is 30.7 Å². The zero-order chi connectivity index (χ0) is 13.4. The molecule has 0 aromatic rings. The molecule has 5 nitrogen and oxygen atoms in total. The molecule has 104 valence electrons. The summed E-state index contributed by atoms with van der Waals surface area (Å²) in [5.74, 6) is -1.19. The van der Waals surface area contributed by atoms with Crippen LogP contribution in [0.25, 0.3) is 0 Å². The minimum atomic E-state index is -0.363. The van der Waals surface area contributed by atoms with Gasteiger partial charge in [-0.25, -0.2) is 0 Å². The van der Waals surface area contributed by atoms with Crippen LogP contribution in [0.3, 0.4) is 0 Å². The third-order valence-corrected chi connectivity index (χ3v) is 4.09. The number of amides is 2. The highest BCUT2D eigenvalue weighted by Gasteiger charge is 2.61. The first kappa shape index (κ1) is 12.8. The van der Waals surface area contributed by atoms with Crippen LogP contribution >= 0.6 is 0 Å². The van der Waals surface area contributed by atoms with E-state index in [1.54, 1.807) is 0 Å². The molecule has 0 saturated carbocycles. The number of carbonyl (C=O) groups excluding carboxylic acids is 2. The third kappa shape index (κ3) is 2.01. The van der Waals surface area contributed by atoms with E-state index in [4.69, 9.17) is 9.57 Å². The number of nitrogens with zero attached hydrogens (tertiary/aromatic N) is 1. The SMILES string of the molecule is CCCCCCON1C(=O)C2C3C=CC(O3)C2C1=O. The Balaban J connectivity index is 1.57. The molecule has 3 heterocycles. The van der Waals surface area contributed by atoms with E-state index in [-0.39, 0.29) is 35.9 Å². The first-order valence-electron chi connectivity index (χ1n) is 7.08. The Labute approximate surface area is 112 Å². The fourth-order valence-corrected chi connectivity index (χ4v) is 3.09. The zero-order valence-corrected chi connectivity index (χ0v) is 11.1. The molecular formula is C14H19NO4. The van der Waals surface area contributed by atoms with Gasteiger partial charge in [0.15, 0.2) is 0 Å². The van der Waals surface area contributed by atoms with Gasteiger partial charge in [-0.3, -0.25) is 14.4 Å². The number of imide groups is 1. The van der Waals surface area contributed by atoms with Crippen LogP contribution in [0, 0.1) is 11.8 Å². The Morgan fingerprint density at radius 1 is 1.11 bits per heavy atom. The fourth-order valence-electron chi connectivity index (χ4n) is 3.09. The summed E-state index contributed by atoms with van der Waals surface area (Å²) in [6.45, 7) is 2.57. The molecule has 2 saturated heterocycles. The van der Waals surface area contributed by atoms with Crippen molar-refractivity contribution in [3.63, 3.8) is 0 Å². The average molecular weight is 265 g/mol. The number of fused-ring (bicyclic) bond motifs is 5. The molecular weight excluding hydrogens is 246 g/mol. The van der Waals surface area contributed by atoms with E-state index >= 15 is 0 Å². The standard InChI is InChI=1S/C14H19NO4/c1-2-3-4-5-8-18-15-13(16)11-9-6-7-10(19-9)12(11)14(15)17/h6-7,9-12H,2-5,8H2,1H3. The number of carbonyl (C=O) groups is 2. The van der Waals surface area contributed by atoms with Crippen molar-refractivity contribution in [2.75, 3.05) is 6.61 Å². The number of rotatable bonds is 6. The summed E-state index contributed by atoms with van der Waals surface area (Å²) >= 11 is 0. The molecule has 5 heteroatoms. The van der Waals surface area contributed by atoms with E-state index in [1.165, 1.54) is 0 Å². The van der Waals surface area contributed by atoms with E-state index < -0.39 is 0 Å². The van der Waals surface area contributed by atoms with Gasteiger partial charge < -0.3 is 4.74 Å². The average Bonchev–Trinajstić information content (AvgIpc) is 3.06. The van der Waals surface area contributed by atoms with Crippen molar-refractivity contribution in [3.8, 4) is 0 Å².